The van der Waals surface area contributed by atoms with E-state index in [4.69, 9.17) is 4.74 Å². The molecule has 0 bridgehead atoms. The molecule has 0 fully saturated rings. The summed E-state index contributed by atoms with van der Waals surface area (Å²) in [4.78, 5) is 0. The first-order valence-electron chi connectivity index (χ1n) is 6.72. The van der Waals surface area contributed by atoms with Crippen molar-refractivity contribution < 1.29 is 9.84 Å². The fourth-order valence-corrected chi connectivity index (χ4v) is 4.17. The Labute approximate surface area is 139 Å². The van der Waals surface area contributed by atoms with Gasteiger partial charge >= 0.3 is 0 Å². The second-order valence-electron chi connectivity index (χ2n) is 5.04. The van der Waals surface area contributed by atoms with Gasteiger partial charge in [-0.2, -0.15) is 0 Å². The van der Waals surface area contributed by atoms with Crippen LogP contribution >= 0.6 is 27.3 Å². The quantitative estimate of drug-likeness (QED) is 0.515. The van der Waals surface area contributed by atoms with Crippen LogP contribution in [-0.4, -0.2) is 16.8 Å². The second kappa shape index (κ2) is 5.04. The molecule has 0 aliphatic rings. The average molecular weight is 374 g/mol. The largest absolute Gasteiger partial charge is 0.497 e. The van der Waals surface area contributed by atoms with Crippen LogP contribution in [-0.2, 0) is 0 Å². The second-order valence-corrected chi connectivity index (χ2v) is 6.81. The first kappa shape index (κ1) is 13.7. The third kappa shape index (κ3) is 2.01. The summed E-state index contributed by atoms with van der Waals surface area (Å²) < 4.78 is 9.32. The molecule has 0 aliphatic carbocycles. The molecule has 0 saturated heterocycles. The number of hydrogen-bond donors (Lipinski definition) is 1. The molecule has 2 aromatic heterocycles. The van der Waals surface area contributed by atoms with Crippen LogP contribution in [0.2, 0.25) is 0 Å². The zero-order valence-corrected chi connectivity index (χ0v) is 14.1. The molecule has 0 saturated carbocycles. The molecule has 0 radical (unpaired) electrons. The fraction of sp³-hybridized carbons (Fsp3) is 0.0588. The lowest BCUT2D eigenvalue weighted by atomic mass is 10.2. The predicted octanol–water partition coefficient (Wildman–Crippen LogP) is 5.32. The normalized spacial score (nSPS) is 11.4. The highest BCUT2D eigenvalue weighted by molar-refractivity contribution is 9.10. The van der Waals surface area contributed by atoms with E-state index in [1.807, 2.05) is 30.5 Å². The molecule has 0 atom stereocenters. The summed E-state index contributed by atoms with van der Waals surface area (Å²) in [5, 5.41) is 15.5. The molecule has 5 heteroatoms. The van der Waals surface area contributed by atoms with E-state index in [1.165, 1.54) is 4.70 Å². The smallest absolute Gasteiger partial charge is 0.203 e. The topological polar surface area (TPSA) is 34.4 Å². The third-order valence-corrected chi connectivity index (χ3v) is 5.71. The Balaban J connectivity index is 1.95. The number of halogens is 1. The van der Waals surface area contributed by atoms with Crippen molar-refractivity contribution in [3.05, 3.63) is 52.4 Å². The summed E-state index contributed by atoms with van der Waals surface area (Å²) in [6.07, 6.45) is 1.94. The Morgan fingerprint density at radius 3 is 2.82 bits per heavy atom. The van der Waals surface area contributed by atoms with Crippen LogP contribution in [0.1, 0.15) is 0 Å². The van der Waals surface area contributed by atoms with E-state index in [2.05, 4.69) is 33.4 Å². The molecule has 4 aromatic rings. The van der Waals surface area contributed by atoms with Crippen LogP contribution in [0.25, 0.3) is 26.5 Å². The van der Waals surface area contributed by atoms with E-state index in [0.29, 0.717) is 0 Å². The summed E-state index contributed by atoms with van der Waals surface area (Å²) in [6, 6.07) is 11.9. The van der Waals surface area contributed by atoms with E-state index in [0.717, 1.165) is 32.1 Å². The SMILES string of the molecule is COc1ccc2cn(-c3ccc4scc(Br)c4c3)c(O)c2c1. The van der Waals surface area contributed by atoms with Crippen molar-refractivity contribution in [2.24, 2.45) is 0 Å². The van der Waals surface area contributed by atoms with Crippen molar-refractivity contribution in [1.82, 2.24) is 4.57 Å². The highest BCUT2D eigenvalue weighted by Crippen LogP contribution is 2.36. The van der Waals surface area contributed by atoms with Gasteiger partial charge in [-0.3, -0.25) is 4.57 Å². The van der Waals surface area contributed by atoms with E-state index in [9.17, 15) is 5.11 Å². The van der Waals surface area contributed by atoms with Gasteiger partial charge in [0.1, 0.15) is 5.75 Å². The van der Waals surface area contributed by atoms with E-state index in [-0.39, 0.29) is 5.88 Å². The molecule has 2 aromatic carbocycles. The highest BCUT2D eigenvalue weighted by atomic mass is 79.9. The minimum atomic E-state index is 0.222. The lowest BCUT2D eigenvalue weighted by Gasteiger charge is -2.05. The molecule has 3 nitrogen and oxygen atoms in total. The van der Waals surface area contributed by atoms with Gasteiger partial charge in [0.05, 0.1) is 7.11 Å². The highest BCUT2D eigenvalue weighted by Gasteiger charge is 2.12. The minimum absolute atomic E-state index is 0.222. The first-order valence-corrected chi connectivity index (χ1v) is 8.40. The molecule has 22 heavy (non-hydrogen) atoms. The maximum Gasteiger partial charge on any atom is 0.203 e. The van der Waals surface area contributed by atoms with Crippen molar-refractivity contribution in [2.75, 3.05) is 7.11 Å². The van der Waals surface area contributed by atoms with Gasteiger partial charge in [-0.15, -0.1) is 11.3 Å². The average Bonchev–Trinajstić information content (AvgIpc) is 3.08. The van der Waals surface area contributed by atoms with Gasteiger partial charge in [-0.1, -0.05) is 0 Å². The number of rotatable bonds is 2. The van der Waals surface area contributed by atoms with E-state index in [1.54, 1.807) is 23.0 Å². The zero-order valence-electron chi connectivity index (χ0n) is 11.7. The van der Waals surface area contributed by atoms with Crippen LogP contribution in [0, 0.1) is 0 Å². The molecule has 4 rings (SSSR count). The molecular weight excluding hydrogens is 362 g/mol. The van der Waals surface area contributed by atoms with Crippen LogP contribution in [0.3, 0.4) is 0 Å². The van der Waals surface area contributed by atoms with Crippen LogP contribution < -0.4 is 4.74 Å². The Morgan fingerprint density at radius 2 is 2.00 bits per heavy atom. The first-order chi connectivity index (χ1) is 10.7. The fourth-order valence-electron chi connectivity index (χ4n) is 2.63. The summed E-state index contributed by atoms with van der Waals surface area (Å²) in [5.41, 5.74) is 0.930. The van der Waals surface area contributed by atoms with Crippen molar-refractivity contribution in [3.8, 4) is 17.3 Å². The summed E-state index contributed by atoms with van der Waals surface area (Å²) >= 11 is 5.26. The molecule has 0 unspecified atom stereocenters. The van der Waals surface area contributed by atoms with Gasteiger partial charge in [0.2, 0.25) is 5.88 Å². The van der Waals surface area contributed by atoms with Crippen molar-refractivity contribution in [3.63, 3.8) is 0 Å². The van der Waals surface area contributed by atoms with Crippen LogP contribution in [0.4, 0.5) is 0 Å². The number of aromatic nitrogens is 1. The summed E-state index contributed by atoms with van der Waals surface area (Å²) in [6.45, 7) is 0. The number of hydrogen-bond acceptors (Lipinski definition) is 3. The molecule has 2 heterocycles. The monoisotopic (exact) mass is 373 g/mol. The maximum absolute atomic E-state index is 10.6. The predicted molar refractivity (Wildman–Crippen MR) is 94.6 cm³/mol. The number of nitrogens with zero attached hydrogens (tertiary/aromatic N) is 1. The van der Waals surface area contributed by atoms with Crippen LogP contribution in [0.15, 0.2) is 52.4 Å². The standard InChI is InChI=1S/C17H12BrNO2S/c1-21-12-4-2-10-8-19(17(20)13(10)7-12)11-3-5-16-14(6-11)15(18)9-22-16/h2-9,20H,1H3. The number of benzene rings is 2. The van der Waals surface area contributed by atoms with Gasteiger partial charge in [-0.25, -0.2) is 0 Å². The summed E-state index contributed by atoms with van der Waals surface area (Å²) in [7, 11) is 1.62. The van der Waals surface area contributed by atoms with Crippen molar-refractivity contribution in [1.29, 1.82) is 0 Å². The van der Waals surface area contributed by atoms with Crippen LogP contribution in [0.5, 0.6) is 11.6 Å². The third-order valence-electron chi connectivity index (χ3n) is 3.79. The zero-order chi connectivity index (χ0) is 15.3. The van der Waals surface area contributed by atoms with Gasteiger partial charge in [-0.05, 0) is 52.3 Å². The number of aromatic hydroxyl groups is 1. The van der Waals surface area contributed by atoms with Crippen molar-refractivity contribution >= 4 is 48.1 Å². The molecule has 1 N–H and O–H groups in total. The van der Waals surface area contributed by atoms with Gasteiger partial charge in [0.15, 0.2) is 0 Å². The number of ether oxygens (including phenoxy) is 1. The van der Waals surface area contributed by atoms with Crippen molar-refractivity contribution in [2.45, 2.75) is 0 Å². The molecular formula is C17H12BrNO2S. The van der Waals surface area contributed by atoms with E-state index < -0.39 is 0 Å². The Hall–Kier alpha value is -1.98. The summed E-state index contributed by atoms with van der Waals surface area (Å²) in [5.74, 6) is 0.955. The molecule has 0 spiro atoms. The Kier molecular flexibility index (Phi) is 3.13. The minimum Gasteiger partial charge on any atom is -0.497 e. The van der Waals surface area contributed by atoms with Gasteiger partial charge in [0, 0.05) is 42.6 Å². The molecule has 110 valence electrons. The van der Waals surface area contributed by atoms with Gasteiger partial charge in [0.25, 0.3) is 0 Å². The Morgan fingerprint density at radius 1 is 1.14 bits per heavy atom. The van der Waals surface area contributed by atoms with Gasteiger partial charge < -0.3 is 9.84 Å². The number of fused-ring (bicyclic) bond motifs is 2. The van der Waals surface area contributed by atoms with E-state index >= 15 is 0 Å². The molecule has 0 amide bonds. The number of methoxy groups -OCH3 is 1. The lowest BCUT2D eigenvalue weighted by Crippen LogP contribution is -1.90. The lowest BCUT2D eigenvalue weighted by molar-refractivity contribution is 0.414. The number of thiophene rings is 1. The molecule has 0 aliphatic heterocycles. The Bertz CT molecular complexity index is 1000. The maximum atomic E-state index is 10.6.